The largest absolute Gasteiger partial charge is 0.372 e. The lowest BCUT2D eigenvalue weighted by molar-refractivity contribution is 0.0485. The maximum absolute atomic E-state index is 5.62. The van der Waals surface area contributed by atoms with Crippen LogP contribution in [0.1, 0.15) is 39.8 Å². The highest BCUT2D eigenvalue weighted by Crippen LogP contribution is 2.05. The van der Waals surface area contributed by atoms with Gasteiger partial charge in [-0.05, 0) is 25.3 Å². The first kappa shape index (κ1) is 12.2. The minimum atomic E-state index is 0.320. The van der Waals surface area contributed by atoms with E-state index in [1.165, 1.54) is 0 Å². The van der Waals surface area contributed by atoms with Crippen LogP contribution in [0, 0.1) is 5.92 Å². The molecule has 1 aromatic heterocycles. The fraction of sp³-hybridized carbons (Fsp3) is 0.750. The lowest BCUT2D eigenvalue weighted by Crippen LogP contribution is -2.08. The molecule has 0 radical (unpaired) electrons. The Balaban J connectivity index is 2.39. The second kappa shape index (κ2) is 5.91. The Hall–Kier alpha value is -0.830. The smallest absolute Gasteiger partial charge is 0.0910 e. The van der Waals surface area contributed by atoms with Gasteiger partial charge in [0.15, 0.2) is 0 Å². The summed E-state index contributed by atoms with van der Waals surface area (Å²) in [6.45, 7) is 10.2. The quantitative estimate of drug-likeness (QED) is 0.722. The molecule has 3 nitrogen and oxygen atoms in total. The third kappa shape index (κ3) is 4.47. The van der Waals surface area contributed by atoms with E-state index in [9.17, 15) is 0 Å². The normalized spacial score (nSPS) is 13.4. The number of ether oxygens (including phenoxy) is 1. The number of nitrogens with zero attached hydrogens (tertiary/aromatic N) is 2. The molecule has 1 rings (SSSR count). The number of rotatable bonds is 6. The van der Waals surface area contributed by atoms with Crippen LogP contribution in [0.5, 0.6) is 0 Å². The molecule has 3 heteroatoms. The summed E-state index contributed by atoms with van der Waals surface area (Å²) >= 11 is 0. The summed E-state index contributed by atoms with van der Waals surface area (Å²) in [5.74, 6) is 0.633. The summed E-state index contributed by atoms with van der Waals surface area (Å²) < 4.78 is 7.61. The molecule has 0 saturated heterocycles. The molecule has 1 aromatic rings. The molecule has 86 valence electrons. The molecule has 1 heterocycles. The molecule has 0 N–H and O–H groups in total. The van der Waals surface area contributed by atoms with Crippen LogP contribution in [0.15, 0.2) is 12.3 Å². The highest BCUT2D eigenvalue weighted by atomic mass is 16.5. The van der Waals surface area contributed by atoms with Gasteiger partial charge in [0.1, 0.15) is 0 Å². The van der Waals surface area contributed by atoms with Crippen molar-refractivity contribution >= 4 is 0 Å². The molecule has 1 unspecified atom stereocenters. The van der Waals surface area contributed by atoms with E-state index in [0.717, 1.165) is 18.7 Å². The van der Waals surface area contributed by atoms with Crippen molar-refractivity contribution in [1.82, 2.24) is 9.78 Å². The minimum Gasteiger partial charge on any atom is -0.372 e. The molecule has 0 aliphatic heterocycles. The summed E-state index contributed by atoms with van der Waals surface area (Å²) in [5, 5.41) is 4.45. The van der Waals surface area contributed by atoms with Crippen molar-refractivity contribution in [2.24, 2.45) is 5.92 Å². The predicted molar refractivity (Wildman–Crippen MR) is 61.6 cm³/mol. The third-order valence-corrected chi connectivity index (χ3v) is 2.34. The Morgan fingerprint density at radius 1 is 1.40 bits per heavy atom. The van der Waals surface area contributed by atoms with Gasteiger partial charge in [0, 0.05) is 12.7 Å². The summed E-state index contributed by atoms with van der Waals surface area (Å²) in [5.41, 5.74) is 1.02. The fourth-order valence-electron chi connectivity index (χ4n) is 1.30. The molecule has 15 heavy (non-hydrogen) atoms. The van der Waals surface area contributed by atoms with E-state index in [1.54, 1.807) is 0 Å². The molecule has 0 amide bonds. The van der Waals surface area contributed by atoms with E-state index in [-0.39, 0.29) is 0 Å². The molecule has 1 atom stereocenters. The van der Waals surface area contributed by atoms with Crippen LogP contribution in [0.3, 0.4) is 0 Å². The first-order valence-electron chi connectivity index (χ1n) is 5.75. The van der Waals surface area contributed by atoms with Gasteiger partial charge in [0.05, 0.1) is 18.4 Å². The Morgan fingerprint density at radius 3 is 2.73 bits per heavy atom. The van der Waals surface area contributed by atoms with Crippen LogP contribution in [-0.2, 0) is 17.9 Å². The molecule has 0 spiro atoms. The van der Waals surface area contributed by atoms with Crippen molar-refractivity contribution in [2.75, 3.05) is 0 Å². The van der Waals surface area contributed by atoms with Gasteiger partial charge in [-0.1, -0.05) is 20.8 Å². The number of hydrogen-bond donors (Lipinski definition) is 0. The Morgan fingerprint density at radius 2 is 2.13 bits per heavy atom. The van der Waals surface area contributed by atoms with E-state index < -0.39 is 0 Å². The van der Waals surface area contributed by atoms with Crippen molar-refractivity contribution in [3.05, 3.63) is 18.0 Å². The highest BCUT2D eigenvalue weighted by molar-refractivity contribution is 4.97. The average Bonchev–Trinajstić information content (AvgIpc) is 2.61. The van der Waals surface area contributed by atoms with E-state index in [2.05, 4.69) is 32.8 Å². The van der Waals surface area contributed by atoms with E-state index in [4.69, 9.17) is 4.74 Å². The second-order valence-corrected chi connectivity index (χ2v) is 4.45. The summed E-state index contributed by atoms with van der Waals surface area (Å²) in [6, 6.07) is 2.03. The molecule has 0 saturated carbocycles. The molecule has 0 aliphatic carbocycles. The van der Waals surface area contributed by atoms with Gasteiger partial charge in [-0.15, -0.1) is 0 Å². The van der Waals surface area contributed by atoms with E-state index in [0.29, 0.717) is 18.6 Å². The van der Waals surface area contributed by atoms with Crippen molar-refractivity contribution in [3.8, 4) is 0 Å². The van der Waals surface area contributed by atoms with Gasteiger partial charge in [0.25, 0.3) is 0 Å². The zero-order valence-electron chi connectivity index (χ0n) is 10.2. The third-order valence-electron chi connectivity index (χ3n) is 2.34. The summed E-state index contributed by atoms with van der Waals surface area (Å²) in [4.78, 5) is 0. The van der Waals surface area contributed by atoms with Crippen LogP contribution in [0.25, 0.3) is 0 Å². The molecule has 0 aliphatic rings. The van der Waals surface area contributed by atoms with Crippen LogP contribution >= 0.6 is 0 Å². The highest BCUT2D eigenvalue weighted by Gasteiger charge is 2.03. The van der Waals surface area contributed by atoms with Gasteiger partial charge in [-0.2, -0.15) is 5.10 Å². The first-order valence-corrected chi connectivity index (χ1v) is 5.75. The maximum atomic E-state index is 5.62. The Labute approximate surface area is 92.4 Å². The maximum Gasteiger partial charge on any atom is 0.0910 e. The van der Waals surface area contributed by atoms with Crippen molar-refractivity contribution in [2.45, 2.75) is 53.4 Å². The first-order chi connectivity index (χ1) is 7.11. The number of aromatic nitrogens is 2. The average molecular weight is 210 g/mol. The summed E-state index contributed by atoms with van der Waals surface area (Å²) in [7, 11) is 0. The van der Waals surface area contributed by atoms with E-state index in [1.807, 2.05) is 16.9 Å². The minimum absolute atomic E-state index is 0.320. The lowest BCUT2D eigenvalue weighted by Gasteiger charge is -2.08. The fourth-order valence-corrected chi connectivity index (χ4v) is 1.30. The standard InChI is InChI=1S/C12H22N2O/c1-5-11(4)15-9-12-6-7-14(13-12)8-10(2)3/h6-7,10-11H,5,8-9H2,1-4H3. The van der Waals surface area contributed by atoms with Crippen molar-refractivity contribution in [3.63, 3.8) is 0 Å². The zero-order valence-corrected chi connectivity index (χ0v) is 10.2. The SMILES string of the molecule is CCC(C)OCc1ccn(CC(C)C)n1. The molecule has 0 bridgehead atoms. The Bertz CT molecular complexity index is 281. The molecular formula is C12H22N2O. The van der Waals surface area contributed by atoms with Gasteiger partial charge in [0.2, 0.25) is 0 Å². The molecule has 0 aromatic carbocycles. The molecule has 0 fully saturated rings. The van der Waals surface area contributed by atoms with Crippen molar-refractivity contribution in [1.29, 1.82) is 0 Å². The van der Waals surface area contributed by atoms with Gasteiger partial charge < -0.3 is 4.74 Å². The second-order valence-electron chi connectivity index (χ2n) is 4.45. The molecular weight excluding hydrogens is 188 g/mol. The number of hydrogen-bond acceptors (Lipinski definition) is 2. The Kier molecular flexibility index (Phi) is 4.82. The van der Waals surface area contributed by atoms with Crippen LogP contribution in [0.4, 0.5) is 0 Å². The van der Waals surface area contributed by atoms with Crippen LogP contribution < -0.4 is 0 Å². The van der Waals surface area contributed by atoms with E-state index >= 15 is 0 Å². The van der Waals surface area contributed by atoms with Gasteiger partial charge in [-0.25, -0.2) is 0 Å². The van der Waals surface area contributed by atoms with Gasteiger partial charge in [-0.3, -0.25) is 4.68 Å². The van der Waals surface area contributed by atoms with Gasteiger partial charge >= 0.3 is 0 Å². The van der Waals surface area contributed by atoms with Crippen LogP contribution in [-0.4, -0.2) is 15.9 Å². The monoisotopic (exact) mass is 210 g/mol. The van der Waals surface area contributed by atoms with Crippen molar-refractivity contribution < 1.29 is 4.74 Å². The summed E-state index contributed by atoms with van der Waals surface area (Å²) in [6.07, 6.45) is 3.39. The lowest BCUT2D eigenvalue weighted by atomic mass is 10.2. The zero-order chi connectivity index (χ0) is 11.3. The topological polar surface area (TPSA) is 27.1 Å². The van der Waals surface area contributed by atoms with Crippen LogP contribution in [0.2, 0.25) is 0 Å². The predicted octanol–water partition coefficient (Wildman–Crippen LogP) is 2.85.